The van der Waals surface area contributed by atoms with E-state index in [0.717, 1.165) is 12.2 Å². The lowest BCUT2D eigenvalue weighted by atomic mass is 10.1. The van der Waals surface area contributed by atoms with Crippen molar-refractivity contribution in [2.24, 2.45) is 0 Å². The molecule has 0 atom stereocenters. The zero-order chi connectivity index (χ0) is 13.1. The third-order valence-electron chi connectivity index (χ3n) is 2.64. The Morgan fingerprint density at radius 3 is 2.41 bits per heavy atom. The summed E-state index contributed by atoms with van der Waals surface area (Å²) in [6.07, 6.45) is 1.98. The lowest BCUT2D eigenvalue weighted by Crippen LogP contribution is -2.36. The minimum absolute atomic E-state index is 0.0168. The normalized spacial score (nSPS) is 13.1. The molecule has 0 unspecified atom stereocenters. The first-order valence-electron chi connectivity index (χ1n) is 5.92. The third-order valence-corrected chi connectivity index (χ3v) is 2.64. The smallest absolute Gasteiger partial charge is 0.0965 e. The molecule has 5 heteroatoms. The van der Waals surface area contributed by atoms with Gasteiger partial charge in [0.2, 0.25) is 0 Å². The second kappa shape index (κ2) is 5.14. The van der Waals surface area contributed by atoms with Crippen molar-refractivity contribution >= 4 is 0 Å². The molecule has 1 heterocycles. The van der Waals surface area contributed by atoms with Gasteiger partial charge in [0.1, 0.15) is 0 Å². The molecule has 1 N–H and O–H groups in total. The van der Waals surface area contributed by atoms with E-state index in [4.69, 9.17) is 4.74 Å². The van der Waals surface area contributed by atoms with Crippen LogP contribution >= 0.6 is 0 Å². The summed E-state index contributed by atoms with van der Waals surface area (Å²) < 4.78 is 7.21. The molecule has 1 aromatic heterocycles. The van der Waals surface area contributed by atoms with Gasteiger partial charge in [0.25, 0.3) is 0 Å². The summed E-state index contributed by atoms with van der Waals surface area (Å²) in [5.41, 5.74) is 0.781. The van der Waals surface area contributed by atoms with E-state index < -0.39 is 0 Å². The van der Waals surface area contributed by atoms with Gasteiger partial charge in [0.05, 0.1) is 23.0 Å². The molecule has 0 aliphatic rings. The second-order valence-corrected chi connectivity index (χ2v) is 5.89. The zero-order valence-electron chi connectivity index (χ0n) is 11.7. The summed E-state index contributed by atoms with van der Waals surface area (Å²) in [6.45, 7) is 11.9. The van der Waals surface area contributed by atoms with Gasteiger partial charge < -0.3 is 10.1 Å². The second-order valence-electron chi connectivity index (χ2n) is 5.89. The molecular formula is C12H24N4O. The first kappa shape index (κ1) is 14.1. The monoisotopic (exact) mass is 240 g/mol. The molecule has 0 radical (unpaired) electrons. The van der Waals surface area contributed by atoms with Crippen molar-refractivity contribution < 1.29 is 4.74 Å². The Morgan fingerprint density at radius 2 is 1.94 bits per heavy atom. The molecule has 0 amide bonds. The fourth-order valence-corrected chi connectivity index (χ4v) is 1.27. The van der Waals surface area contributed by atoms with Gasteiger partial charge in [-0.3, -0.25) is 0 Å². The third kappa shape index (κ3) is 4.44. The minimum atomic E-state index is -0.153. The SMILES string of the molecule is COC(C)(C)CNCc1cn(C(C)(C)C)nn1. The van der Waals surface area contributed by atoms with E-state index in [1.54, 1.807) is 7.11 Å². The van der Waals surface area contributed by atoms with Crippen LogP contribution in [-0.4, -0.2) is 34.2 Å². The lowest BCUT2D eigenvalue weighted by molar-refractivity contribution is 0.0230. The van der Waals surface area contributed by atoms with Crippen LogP contribution in [0.25, 0.3) is 0 Å². The molecule has 98 valence electrons. The van der Waals surface area contributed by atoms with Gasteiger partial charge in [0.15, 0.2) is 0 Å². The van der Waals surface area contributed by atoms with E-state index in [2.05, 4.69) is 36.4 Å². The molecule has 0 aromatic carbocycles. The van der Waals surface area contributed by atoms with E-state index in [0.29, 0.717) is 6.54 Å². The van der Waals surface area contributed by atoms with Crippen LogP contribution in [0.2, 0.25) is 0 Å². The van der Waals surface area contributed by atoms with Crippen molar-refractivity contribution in [1.29, 1.82) is 0 Å². The summed E-state index contributed by atoms with van der Waals surface area (Å²) in [4.78, 5) is 0. The Hall–Kier alpha value is -0.940. The minimum Gasteiger partial charge on any atom is -0.377 e. The summed E-state index contributed by atoms with van der Waals surface area (Å²) in [6, 6.07) is 0. The van der Waals surface area contributed by atoms with Crippen molar-refractivity contribution in [3.63, 3.8) is 0 Å². The summed E-state index contributed by atoms with van der Waals surface area (Å²) >= 11 is 0. The predicted octanol–water partition coefficient (Wildman–Crippen LogP) is 1.55. The first-order valence-corrected chi connectivity index (χ1v) is 5.92. The van der Waals surface area contributed by atoms with Gasteiger partial charge in [-0.25, -0.2) is 4.68 Å². The average molecular weight is 240 g/mol. The maximum Gasteiger partial charge on any atom is 0.0965 e. The van der Waals surface area contributed by atoms with Crippen molar-refractivity contribution in [3.05, 3.63) is 11.9 Å². The number of nitrogens with zero attached hydrogens (tertiary/aromatic N) is 3. The Balaban J connectivity index is 2.46. The van der Waals surface area contributed by atoms with Crippen LogP contribution in [0.4, 0.5) is 0 Å². The topological polar surface area (TPSA) is 52.0 Å². The van der Waals surface area contributed by atoms with Gasteiger partial charge >= 0.3 is 0 Å². The number of ether oxygens (including phenoxy) is 1. The van der Waals surface area contributed by atoms with Crippen LogP contribution in [0, 0.1) is 0 Å². The van der Waals surface area contributed by atoms with E-state index in [1.807, 2.05) is 24.7 Å². The van der Waals surface area contributed by atoms with Gasteiger partial charge in [-0.1, -0.05) is 5.21 Å². The fourth-order valence-electron chi connectivity index (χ4n) is 1.27. The fraction of sp³-hybridized carbons (Fsp3) is 0.833. The standard InChI is InChI=1S/C12H24N4O/c1-11(2,3)16-8-10(14-15-16)7-13-9-12(4,5)17-6/h8,13H,7,9H2,1-6H3. The molecule has 1 rings (SSSR count). The van der Waals surface area contributed by atoms with Crippen LogP contribution in [0.15, 0.2) is 6.20 Å². The molecule has 0 saturated carbocycles. The highest BCUT2D eigenvalue weighted by molar-refractivity contribution is 4.94. The van der Waals surface area contributed by atoms with Crippen LogP contribution in [0.5, 0.6) is 0 Å². The van der Waals surface area contributed by atoms with Crippen molar-refractivity contribution in [2.45, 2.75) is 52.3 Å². The first-order chi connectivity index (χ1) is 7.74. The summed E-state index contributed by atoms with van der Waals surface area (Å²) in [5, 5.41) is 11.6. The Morgan fingerprint density at radius 1 is 1.29 bits per heavy atom. The maximum atomic E-state index is 5.33. The highest BCUT2D eigenvalue weighted by Gasteiger charge is 2.17. The predicted molar refractivity (Wildman–Crippen MR) is 67.8 cm³/mol. The average Bonchev–Trinajstić information content (AvgIpc) is 2.66. The van der Waals surface area contributed by atoms with E-state index in [1.165, 1.54) is 0 Å². The number of aromatic nitrogens is 3. The highest BCUT2D eigenvalue weighted by atomic mass is 16.5. The molecule has 5 nitrogen and oxygen atoms in total. The van der Waals surface area contributed by atoms with E-state index in [-0.39, 0.29) is 11.1 Å². The summed E-state index contributed by atoms with van der Waals surface area (Å²) in [5.74, 6) is 0. The largest absolute Gasteiger partial charge is 0.377 e. The number of rotatable bonds is 5. The van der Waals surface area contributed by atoms with Crippen LogP contribution in [0.3, 0.4) is 0 Å². The molecule has 1 aromatic rings. The molecule has 17 heavy (non-hydrogen) atoms. The maximum absolute atomic E-state index is 5.33. The van der Waals surface area contributed by atoms with Crippen molar-refractivity contribution in [2.75, 3.05) is 13.7 Å². The molecule has 0 saturated heterocycles. The van der Waals surface area contributed by atoms with Crippen LogP contribution in [0.1, 0.15) is 40.3 Å². The van der Waals surface area contributed by atoms with Gasteiger partial charge in [-0.15, -0.1) is 5.10 Å². The number of nitrogens with one attached hydrogen (secondary N) is 1. The van der Waals surface area contributed by atoms with Gasteiger partial charge in [0, 0.05) is 20.2 Å². The van der Waals surface area contributed by atoms with Crippen LogP contribution in [-0.2, 0) is 16.8 Å². The number of methoxy groups -OCH3 is 1. The summed E-state index contributed by atoms with van der Waals surface area (Å²) in [7, 11) is 1.72. The van der Waals surface area contributed by atoms with Gasteiger partial charge in [-0.2, -0.15) is 0 Å². The molecule has 0 spiro atoms. The molecule has 0 aliphatic carbocycles. The van der Waals surface area contributed by atoms with E-state index >= 15 is 0 Å². The molecule has 0 bridgehead atoms. The van der Waals surface area contributed by atoms with Gasteiger partial charge in [-0.05, 0) is 34.6 Å². The highest BCUT2D eigenvalue weighted by Crippen LogP contribution is 2.11. The number of hydrogen-bond donors (Lipinski definition) is 1. The Labute approximate surface area is 104 Å². The molecular weight excluding hydrogens is 216 g/mol. The zero-order valence-corrected chi connectivity index (χ0v) is 11.7. The van der Waals surface area contributed by atoms with E-state index in [9.17, 15) is 0 Å². The quantitative estimate of drug-likeness (QED) is 0.848. The molecule has 0 fully saturated rings. The van der Waals surface area contributed by atoms with Crippen molar-refractivity contribution in [1.82, 2.24) is 20.3 Å². The van der Waals surface area contributed by atoms with Crippen LogP contribution < -0.4 is 5.32 Å². The van der Waals surface area contributed by atoms with Crippen molar-refractivity contribution in [3.8, 4) is 0 Å². The Kier molecular flexibility index (Phi) is 4.27. The molecule has 0 aliphatic heterocycles. The Bertz CT molecular complexity index is 352. The lowest BCUT2D eigenvalue weighted by Gasteiger charge is -2.22. The number of hydrogen-bond acceptors (Lipinski definition) is 4.